The van der Waals surface area contributed by atoms with Gasteiger partial charge in [0.05, 0.1) is 0 Å². The number of allylic oxidation sites excluding steroid dienone is 1. The molecule has 7 amide bonds. The second kappa shape index (κ2) is 25.8. The predicted molar refractivity (Wildman–Crippen MR) is 252 cm³/mol. The first-order valence-electron chi connectivity index (χ1n) is 22.9. The molecular weight excluding hydrogens is 883 g/mol. The molecular formula is C48H67N7O11S. The summed E-state index contributed by atoms with van der Waals surface area (Å²) in [6.45, 7) is 8.11. The summed E-state index contributed by atoms with van der Waals surface area (Å²) in [5, 5.41) is 34.8. The minimum Gasteiger partial charge on any atom is -0.508 e. The van der Waals surface area contributed by atoms with E-state index in [1.54, 1.807) is 56.3 Å². The minimum atomic E-state index is -1.66. The van der Waals surface area contributed by atoms with Crippen LogP contribution in [0.3, 0.4) is 0 Å². The smallest absolute Gasteiger partial charge is 0.329 e. The highest BCUT2D eigenvalue weighted by Crippen LogP contribution is 2.25. The van der Waals surface area contributed by atoms with E-state index in [2.05, 4.69) is 26.6 Å². The maximum absolute atomic E-state index is 15.0. The molecule has 0 spiro atoms. The highest BCUT2D eigenvalue weighted by molar-refractivity contribution is 7.98. The van der Waals surface area contributed by atoms with Crippen LogP contribution in [0.1, 0.15) is 90.7 Å². The average molecular weight is 950 g/mol. The first-order chi connectivity index (χ1) is 31.9. The quantitative estimate of drug-likeness (QED) is 0.0772. The summed E-state index contributed by atoms with van der Waals surface area (Å²) >= 11 is 1.45. The molecule has 19 heteroatoms. The summed E-state index contributed by atoms with van der Waals surface area (Å²) in [5.74, 6) is -6.47. The minimum absolute atomic E-state index is 0.0367. The number of cyclic esters (lactones) is 1. The van der Waals surface area contributed by atoms with Gasteiger partial charge in [0, 0.05) is 26.3 Å². The van der Waals surface area contributed by atoms with Crippen LogP contribution in [-0.4, -0.2) is 135 Å². The molecule has 4 rings (SSSR count). The number of nitrogens with one attached hydrogen (secondary N) is 5. The standard InChI is InChI=1S/C48H67N7O11S/c1-8-10-12-17-38(57)49-34(24-25-67-7)43(60)53-41-29(5)66-48(65)40(28(3)4)52-44(61)36(26-31-18-20-32(56)21-19-31)54(6)47(64)37(27-30-15-13-11-14-16-30)55-39(58)23-22-35(46(55)63)51-42(59)33(9-2)50-45(41)62/h9,11,13-16,18-21,28-29,34-37,39-41,56,58H,8,10,12,17,22-27H2,1-7H3,(H,49,57)(H,50,62)(H,51,59)(H,52,61)(H,53,60)/b33-9+/t29-,34+,35+,36+,37+,39-,40?,41+/m1/s1. The third-order valence-corrected chi connectivity index (χ3v) is 12.5. The van der Waals surface area contributed by atoms with Crippen LogP contribution in [0, 0.1) is 5.92 Å². The Morgan fingerprint density at radius 1 is 0.910 bits per heavy atom. The van der Waals surface area contributed by atoms with E-state index in [1.807, 2.05) is 13.2 Å². The van der Waals surface area contributed by atoms with Crippen molar-refractivity contribution in [2.75, 3.05) is 19.1 Å². The van der Waals surface area contributed by atoms with Gasteiger partial charge in [-0.05, 0) is 80.7 Å². The number of phenols is 1. The molecule has 2 aliphatic rings. The first kappa shape index (κ1) is 53.7. The number of piperidine rings is 1. The number of rotatable bonds is 15. The van der Waals surface area contributed by atoms with Gasteiger partial charge in [-0.2, -0.15) is 11.8 Å². The molecule has 2 bridgehead atoms. The number of nitrogens with zero attached hydrogens (tertiary/aromatic N) is 2. The summed E-state index contributed by atoms with van der Waals surface area (Å²) in [6, 6.07) is 6.60. The fourth-order valence-corrected chi connectivity index (χ4v) is 8.40. The fourth-order valence-electron chi connectivity index (χ4n) is 7.93. The van der Waals surface area contributed by atoms with Crippen molar-refractivity contribution in [3.63, 3.8) is 0 Å². The second-order valence-electron chi connectivity index (χ2n) is 17.3. The van der Waals surface area contributed by atoms with Crippen molar-refractivity contribution >= 4 is 59.1 Å². The molecule has 67 heavy (non-hydrogen) atoms. The summed E-state index contributed by atoms with van der Waals surface area (Å²) in [5.41, 5.74) is 0.832. The number of aliphatic hydroxyl groups excluding tert-OH is 1. The van der Waals surface area contributed by atoms with Crippen molar-refractivity contribution in [2.45, 2.75) is 141 Å². The molecule has 2 aliphatic heterocycles. The van der Waals surface area contributed by atoms with Gasteiger partial charge in [0.15, 0.2) is 0 Å². The lowest BCUT2D eigenvalue weighted by Crippen LogP contribution is -2.64. The van der Waals surface area contributed by atoms with E-state index in [9.17, 15) is 48.6 Å². The number of esters is 1. The number of benzene rings is 2. The number of ether oxygens (including phenoxy) is 1. The molecule has 2 aromatic carbocycles. The first-order valence-corrected chi connectivity index (χ1v) is 24.3. The highest BCUT2D eigenvalue weighted by Gasteiger charge is 2.45. The van der Waals surface area contributed by atoms with Crippen molar-refractivity contribution in [3.8, 4) is 5.75 Å². The molecule has 0 saturated carbocycles. The largest absolute Gasteiger partial charge is 0.508 e. The van der Waals surface area contributed by atoms with Gasteiger partial charge in [0.25, 0.3) is 11.8 Å². The maximum atomic E-state index is 15.0. The molecule has 2 fully saturated rings. The van der Waals surface area contributed by atoms with E-state index in [-0.39, 0.29) is 55.9 Å². The van der Waals surface area contributed by atoms with E-state index in [1.165, 1.54) is 50.9 Å². The molecule has 8 atom stereocenters. The van der Waals surface area contributed by atoms with Crippen LogP contribution in [0.15, 0.2) is 66.4 Å². The normalized spacial score (nSPS) is 24.7. The molecule has 7 N–H and O–H groups in total. The van der Waals surface area contributed by atoms with E-state index in [4.69, 9.17) is 4.74 Å². The Labute approximate surface area is 396 Å². The van der Waals surface area contributed by atoms with Crippen LogP contribution in [0.5, 0.6) is 5.75 Å². The Morgan fingerprint density at radius 2 is 1.57 bits per heavy atom. The Balaban J connectivity index is 1.82. The van der Waals surface area contributed by atoms with Crippen molar-refractivity contribution in [1.29, 1.82) is 0 Å². The molecule has 2 saturated heterocycles. The van der Waals surface area contributed by atoms with Gasteiger partial charge >= 0.3 is 5.97 Å². The van der Waals surface area contributed by atoms with Gasteiger partial charge in [0.2, 0.25) is 29.5 Å². The van der Waals surface area contributed by atoms with Gasteiger partial charge in [-0.15, -0.1) is 0 Å². The van der Waals surface area contributed by atoms with Crippen LogP contribution in [0.2, 0.25) is 0 Å². The van der Waals surface area contributed by atoms with Crippen molar-refractivity contribution in [3.05, 3.63) is 77.5 Å². The number of carbonyl (C=O) groups excluding carboxylic acids is 8. The SMILES string of the molecule is C/C=C1/NC(=O)[C@@H](NC(=O)[C@H](CCSC)NC(=O)CCCCC)[C@@H](C)OC(=O)C(C(C)C)NC(=O)[C@H](Cc2ccc(O)cc2)N(C)C(=O)[C@H](Cc2ccccc2)N2C(=O)[C@H](CC[C@H]2O)NC1=O. The Hall–Kier alpha value is -5.95. The molecule has 0 radical (unpaired) electrons. The van der Waals surface area contributed by atoms with Crippen LogP contribution in [0.25, 0.3) is 0 Å². The van der Waals surface area contributed by atoms with Crippen molar-refractivity contribution in [1.82, 2.24) is 36.4 Å². The molecule has 2 heterocycles. The maximum Gasteiger partial charge on any atom is 0.329 e. The monoisotopic (exact) mass is 949 g/mol. The number of likely N-dealkylation sites (N-methyl/N-ethyl adjacent to an activating group) is 1. The zero-order valence-electron chi connectivity index (χ0n) is 39.4. The van der Waals surface area contributed by atoms with Crippen LogP contribution in [0.4, 0.5) is 0 Å². The van der Waals surface area contributed by atoms with Crippen LogP contribution >= 0.6 is 11.8 Å². The van der Waals surface area contributed by atoms with Crippen LogP contribution in [-0.2, 0) is 55.9 Å². The number of thioether (sulfide) groups is 1. The summed E-state index contributed by atoms with van der Waals surface area (Å²) < 4.78 is 5.88. The van der Waals surface area contributed by atoms with Gasteiger partial charge in [-0.1, -0.05) is 82.2 Å². The van der Waals surface area contributed by atoms with Gasteiger partial charge in [-0.3, -0.25) is 33.6 Å². The molecule has 0 aliphatic carbocycles. The third-order valence-electron chi connectivity index (χ3n) is 11.9. The van der Waals surface area contributed by atoms with E-state index in [0.29, 0.717) is 23.3 Å². The van der Waals surface area contributed by atoms with Gasteiger partial charge in [0.1, 0.15) is 60.0 Å². The molecule has 18 nitrogen and oxygen atoms in total. The van der Waals surface area contributed by atoms with Crippen molar-refractivity contribution < 1.29 is 53.3 Å². The van der Waals surface area contributed by atoms with Gasteiger partial charge < -0.3 is 51.3 Å². The number of unbranched alkanes of at least 4 members (excludes halogenated alkanes) is 2. The predicted octanol–water partition coefficient (Wildman–Crippen LogP) is 2.21. The van der Waals surface area contributed by atoms with E-state index >= 15 is 0 Å². The lowest BCUT2D eigenvalue weighted by Gasteiger charge is -2.43. The van der Waals surface area contributed by atoms with Gasteiger partial charge in [-0.25, -0.2) is 4.79 Å². The zero-order chi connectivity index (χ0) is 49.4. The number of hydrogen-bond donors (Lipinski definition) is 7. The highest BCUT2D eigenvalue weighted by atomic mass is 32.2. The van der Waals surface area contributed by atoms with Crippen molar-refractivity contribution in [2.24, 2.45) is 5.92 Å². The second-order valence-corrected chi connectivity index (χ2v) is 18.3. The summed E-state index contributed by atoms with van der Waals surface area (Å²) in [6.07, 6.45) is 2.60. The number of carbonyl (C=O) groups is 8. The Bertz CT molecular complexity index is 2090. The number of hydrogen-bond acceptors (Lipinski definition) is 12. The lowest BCUT2D eigenvalue weighted by atomic mass is 9.95. The summed E-state index contributed by atoms with van der Waals surface area (Å²) in [7, 11) is 1.38. The number of aromatic hydroxyl groups is 1. The van der Waals surface area contributed by atoms with E-state index in [0.717, 1.165) is 22.6 Å². The number of fused-ring (bicyclic) bond motifs is 2. The van der Waals surface area contributed by atoms with Crippen LogP contribution < -0.4 is 26.6 Å². The number of aliphatic hydroxyl groups is 1. The average Bonchev–Trinajstić information content (AvgIpc) is 3.29. The third kappa shape index (κ3) is 15.0. The Kier molecular flexibility index (Phi) is 20.7. The molecule has 366 valence electrons. The molecule has 2 aromatic rings. The molecule has 1 unspecified atom stereocenters. The topological polar surface area (TPSA) is 253 Å². The number of amides is 7. The molecule has 0 aromatic heterocycles. The zero-order valence-corrected chi connectivity index (χ0v) is 40.2. The van der Waals surface area contributed by atoms with E-state index < -0.39 is 95.9 Å². The lowest BCUT2D eigenvalue weighted by molar-refractivity contribution is -0.165. The number of phenolic OH excluding ortho intramolecular Hbond substituents is 1. The summed E-state index contributed by atoms with van der Waals surface area (Å²) in [4.78, 5) is 116. The Morgan fingerprint density at radius 3 is 2.19 bits per heavy atom. The fraction of sp³-hybridized carbons (Fsp3) is 0.542.